The molecular weight excluding hydrogens is 358 g/mol. The van der Waals surface area contributed by atoms with Crippen molar-refractivity contribution in [3.8, 4) is 10.6 Å². The van der Waals surface area contributed by atoms with Gasteiger partial charge in [0.1, 0.15) is 5.01 Å². The highest BCUT2D eigenvalue weighted by molar-refractivity contribution is 7.13. The molecule has 1 amide bonds. The van der Waals surface area contributed by atoms with E-state index in [4.69, 9.17) is 16.3 Å². The van der Waals surface area contributed by atoms with Crippen molar-refractivity contribution in [3.05, 3.63) is 40.4 Å². The van der Waals surface area contributed by atoms with E-state index in [1.807, 2.05) is 48.6 Å². The summed E-state index contributed by atoms with van der Waals surface area (Å²) in [5.41, 5.74) is 1.67. The van der Waals surface area contributed by atoms with E-state index < -0.39 is 0 Å². The summed E-state index contributed by atoms with van der Waals surface area (Å²) in [6.07, 6.45) is 0.290. The van der Waals surface area contributed by atoms with Crippen LogP contribution in [0.3, 0.4) is 0 Å². The Balaban J connectivity index is 2.04. The maximum atomic E-state index is 12.6. The van der Waals surface area contributed by atoms with Crippen molar-refractivity contribution in [2.24, 2.45) is 0 Å². The lowest BCUT2D eigenvalue weighted by Crippen LogP contribution is -2.39. The van der Waals surface area contributed by atoms with Crippen molar-refractivity contribution in [1.29, 1.82) is 0 Å². The van der Waals surface area contributed by atoms with Crippen LogP contribution >= 0.6 is 22.9 Å². The Kier molecular flexibility index (Phi) is 7.84. The number of thiazole rings is 1. The topological polar surface area (TPSA) is 45.7 Å². The second-order valence-corrected chi connectivity index (χ2v) is 7.24. The van der Waals surface area contributed by atoms with E-state index in [0.717, 1.165) is 22.8 Å². The molecule has 0 atom stereocenters. The number of halogens is 1. The summed E-state index contributed by atoms with van der Waals surface area (Å²) in [6.45, 7) is 2.61. The lowest BCUT2D eigenvalue weighted by atomic mass is 10.2. The fourth-order valence-corrected chi connectivity index (χ4v) is 3.44. The quantitative estimate of drug-likeness (QED) is 0.669. The van der Waals surface area contributed by atoms with Crippen LogP contribution in [0.25, 0.3) is 10.6 Å². The number of ether oxygens (including phenoxy) is 1. The van der Waals surface area contributed by atoms with Crippen LogP contribution in [0.5, 0.6) is 0 Å². The highest BCUT2D eigenvalue weighted by Crippen LogP contribution is 2.30. The second kappa shape index (κ2) is 9.87. The Morgan fingerprint density at radius 2 is 2.00 bits per heavy atom. The van der Waals surface area contributed by atoms with E-state index in [1.54, 1.807) is 7.11 Å². The molecule has 0 unspecified atom stereocenters. The van der Waals surface area contributed by atoms with E-state index in [1.165, 1.54) is 11.3 Å². The molecule has 0 fully saturated rings. The summed E-state index contributed by atoms with van der Waals surface area (Å²) in [5.74, 6) is 0.0647. The van der Waals surface area contributed by atoms with Gasteiger partial charge >= 0.3 is 0 Å². The molecule has 0 radical (unpaired) electrons. The second-order valence-electron chi connectivity index (χ2n) is 5.98. The molecule has 2 aromatic rings. The smallest absolute Gasteiger partial charge is 0.228 e. The molecule has 136 valence electrons. The molecule has 0 saturated carbocycles. The molecule has 0 bridgehead atoms. The summed E-state index contributed by atoms with van der Waals surface area (Å²) in [4.78, 5) is 21.1. The van der Waals surface area contributed by atoms with Gasteiger partial charge in [-0.1, -0.05) is 29.8 Å². The van der Waals surface area contributed by atoms with Gasteiger partial charge in [0, 0.05) is 37.7 Å². The van der Waals surface area contributed by atoms with E-state index in [9.17, 15) is 4.79 Å². The van der Waals surface area contributed by atoms with Crippen LogP contribution < -0.4 is 0 Å². The Bertz CT molecular complexity index is 690. The number of methoxy groups -OCH3 is 1. The zero-order valence-corrected chi connectivity index (χ0v) is 16.4. The van der Waals surface area contributed by atoms with Crippen LogP contribution in [0.2, 0.25) is 5.02 Å². The molecule has 1 heterocycles. The van der Waals surface area contributed by atoms with Crippen molar-refractivity contribution in [1.82, 2.24) is 14.8 Å². The van der Waals surface area contributed by atoms with Crippen LogP contribution in [0, 0.1) is 0 Å². The van der Waals surface area contributed by atoms with Crippen LogP contribution in [0.1, 0.15) is 5.69 Å². The van der Waals surface area contributed by atoms with Crippen LogP contribution in [0.15, 0.2) is 29.6 Å². The maximum absolute atomic E-state index is 12.6. The summed E-state index contributed by atoms with van der Waals surface area (Å²) < 4.78 is 5.12. The largest absolute Gasteiger partial charge is 0.383 e. The van der Waals surface area contributed by atoms with Crippen LogP contribution in [0.4, 0.5) is 0 Å². The van der Waals surface area contributed by atoms with E-state index in [-0.39, 0.29) is 12.3 Å². The van der Waals surface area contributed by atoms with E-state index in [0.29, 0.717) is 24.7 Å². The Morgan fingerprint density at radius 1 is 1.24 bits per heavy atom. The molecule has 25 heavy (non-hydrogen) atoms. The molecule has 0 aliphatic heterocycles. The van der Waals surface area contributed by atoms with Gasteiger partial charge in [0.15, 0.2) is 0 Å². The fraction of sp³-hybridized carbons (Fsp3) is 0.444. The molecule has 0 aliphatic rings. The molecule has 0 N–H and O–H groups in total. The number of carbonyl (C=O) groups excluding carboxylic acids is 1. The minimum atomic E-state index is 0.0647. The summed E-state index contributed by atoms with van der Waals surface area (Å²) in [5, 5.41) is 3.43. The average molecular weight is 382 g/mol. The maximum Gasteiger partial charge on any atom is 0.228 e. The lowest BCUT2D eigenvalue weighted by molar-refractivity contribution is -0.131. The number of carbonyl (C=O) groups is 1. The van der Waals surface area contributed by atoms with Gasteiger partial charge in [-0.05, 0) is 20.2 Å². The normalized spacial score (nSPS) is 11.1. The first-order valence-electron chi connectivity index (χ1n) is 8.12. The zero-order valence-electron chi connectivity index (χ0n) is 14.9. The van der Waals surface area contributed by atoms with Gasteiger partial charge in [-0.15, -0.1) is 11.3 Å². The van der Waals surface area contributed by atoms with Crippen molar-refractivity contribution >= 4 is 28.8 Å². The first kappa shape index (κ1) is 19.8. The molecule has 5 nitrogen and oxygen atoms in total. The van der Waals surface area contributed by atoms with Gasteiger partial charge in [-0.25, -0.2) is 4.98 Å². The molecular formula is C18H24ClN3O2S. The van der Waals surface area contributed by atoms with E-state index in [2.05, 4.69) is 9.88 Å². The van der Waals surface area contributed by atoms with Gasteiger partial charge < -0.3 is 14.5 Å². The Morgan fingerprint density at radius 3 is 2.68 bits per heavy atom. The first-order chi connectivity index (χ1) is 12.0. The number of likely N-dealkylation sites (N-methyl/N-ethyl adjacent to an activating group) is 1. The van der Waals surface area contributed by atoms with Crippen LogP contribution in [-0.2, 0) is 16.0 Å². The molecule has 7 heteroatoms. The number of aromatic nitrogens is 1. The highest BCUT2D eigenvalue weighted by Gasteiger charge is 2.16. The summed E-state index contributed by atoms with van der Waals surface area (Å²) in [7, 11) is 5.63. The third kappa shape index (κ3) is 6.08. The van der Waals surface area contributed by atoms with Gasteiger partial charge in [0.05, 0.1) is 23.7 Å². The fourth-order valence-electron chi connectivity index (χ4n) is 2.30. The number of hydrogen-bond acceptors (Lipinski definition) is 5. The minimum absolute atomic E-state index is 0.0647. The predicted octanol–water partition coefficient (Wildman–Crippen LogP) is 3.04. The van der Waals surface area contributed by atoms with Gasteiger partial charge in [0.25, 0.3) is 0 Å². The third-order valence-corrected chi connectivity index (χ3v) is 4.98. The standard InChI is InChI=1S/C18H24ClN3O2S/c1-21(2)8-9-22(10-11-24-3)17(23)12-14-13-25-18(20-14)15-6-4-5-7-16(15)19/h4-7,13H,8-12H2,1-3H3. The van der Waals surface area contributed by atoms with Crippen molar-refractivity contribution in [3.63, 3.8) is 0 Å². The number of hydrogen-bond donors (Lipinski definition) is 0. The number of rotatable bonds is 9. The van der Waals surface area contributed by atoms with Crippen molar-refractivity contribution in [2.45, 2.75) is 6.42 Å². The molecule has 1 aromatic carbocycles. The zero-order chi connectivity index (χ0) is 18.2. The van der Waals surface area contributed by atoms with Gasteiger partial charge in [-0.2, -0.15) is 0 Å². The number of amides is 1. The third-order valence-electron chi connectivity index (χ3n) is 3.72. The van der Waals surface area contributed by atoms with E-state index >= 15 is 0 Å². The van der Waals surface area contributed by atoms with Gasteiger partial charge in [-0.3, -0.25) is 4.79 Å². The molecule has 0 spiro atoms. The van der Waals surface area contributed by atoms with Crippen LogP contribution in [-0.4, -0.2) is 68.1 Å². The summed E-state index contributed by atoms with van der Waals surface area (Å²) >= 11 is 7.73. The number of benzene rings is 1. The van der Waals surface area contributed by atoms with Crippen molar-refractivity contribution < 1.29 is 9.53 Å². The van der Waals surface area contributed by atoms with Crippen molar-refractivity contribution in [2.75, 3.05) is 47.4 Å². The predicted molar refractivity (Wildman–Crippen MR) is 103 cm³/mol. The highest BCUT2D eigenvalue weighted by atomic mass is 35.5. The molecule has 2 rings (SSSR count). The lowest BCUT2D eigenvalue weighted by Gasteiger charge is -2.24. The summed E-state index contributed by atoms with van der Waals surface area (Å²) in [6, 6.07) is 7.61. The first-order valence-corrected chi connectivity index (χ1v) is 9.37. The Labute approximate surface area is 158 Å². The molecule has 0 aliphatic carbocycles. The minimum Gasteiger partial charge on any atom is -0.383 e. The molecule has 1 aromatic heterocycles. The SMILES string of the molecule is COCCN(CCN(C)C)C(=O)Cc1csc(-c2ccccc2Cl)n1. The number of nitrogens with zero attached hydrogens (tertiary/aromatic N) is 3. The monoisotopic (exact) mass is 381 g/mol. The van der Waals surface area contributed by atoms with Gasteiger partial charge in [0.2, 0.25) is 5.91 Å². The Hall–Kier alpha value is -1.47. The average Bonchev–Trinajstić information content (AvgIpc) is 3.03. The molecule has 0 saturated heterocycles.